The molecule has 0 radical (unpaired) electrons. The molecule has 62 valence electrons. The van der Waals surface area contributed by atoms with Crippen LogP contribution in [0.3, 0.4) is 0 Å². The lowest BCUT2D eigenvalue weighted by molar-refractivity contribution is 0.694. The second-order valence-corrected chi connectivity index (χ2v) is 2.82. The highest BCUT2D eigenvalue weighted by molar-refractivity contribution is 5.19. The fraction of sp³-hybridized carbons (Fsp3) is 0.625. The molecule has 0 spiro atoms. The Bertz CT molecular complexity index is 217. The maximum absolute atomic E-state index is 5.53. The van der Waals surface area contributed by atoms with E-state index in [0.29, 0.717) is 12.5 Å². The first-order valence-electron chi connectivity index (χ1n) is 4.01. The van der Waals surface area contributed by atoms with Gasteiger partial charge in [-0.25, -0.2) is 0 Å². The van der Waals surface area contributed by atoms with Crippen LogP contribution in [0, 0.1) is 0 Å². The van der Waals surface area contributed by atoms with Crippen molar-refractivity contribution in [2.45, 2.75) is 32.7 Å². The molecule has 0 aromatic carbocycles. The normalized spacial score (nSPS) is 13.4. The summed E-state index contributed by atoms with van der Waals surface area (Å²) in [5.41, 5.74) is 7.86. The van der Waals surface area contributed by atoms with E-state index in [9.17, 15) is 0 Å². The van der Waals surface area contributed by atoms with Gasteiger partial charge in [0.1, 0.15) is 0 Å². The van der Waals surface area contributed by atoms with Crippen LogP contribution in [0.5, 0.6) is 0 Å². The number of hydrogen-bond acceptors (Lipinski definition) is 2. The molecule has 0 amide bonds. The Hall–Kier alpha value is -0.830. The summed E-state index contributed by atoms with van der Waals surface area (Å²) in [6.45, 7) is 4.91. The van der Waals surface area contributed by atoms with E-state index < -0.39 is 0 Å². The minimum absolute atomic E-state index is 0.538. The van der Waals surface area contributed by atoms with Gasteiger partial charge < -0.3 is 5.73 Å². The summed E-state index contributed by atoms with van der Waals surface area (Å²) < 4.78 is 0. The van der Waals surface area contributed by atoms with E-state index in [1.165, 1.54) is 5.69 Å². The molecule has 0 aliphatic heterocycles. The van der Waals surface area contributed by atoms with Crippen LogP contribution in [-0.4, -0.2) is 10.2 Å². The van der Waals surface area contributed by atoms with E-state index in [1.807, 2.05) is 6.20 Å². The van der Waals surface area contributed by atoms with Crippen molar-refractivity contribution in [2.24, 2.45) is 5.73 Å². The minimum Gasteiger partial charge on any atom is -0.326 e. The zero-order chi connectivity index (χ0) is 8.27. The van der Waals surface area contributed by atoms with Gasteiger partial charge in [0.05, 0.1) is 6.20 Å². The van der Waals surface area contributed by atoms with Gasteiger partial charge in [0.25, 0.3) is 0 Å². The van der Waals surface area contributed by atoms with Crippen LogP contribution in [-0.2, 0) is 6.54 Å². The van der Waals surface area contributed by atoms with Gasteiger partial charge in [0, 0.05) is 17.8 Å². The molecule has 0 saturated carbocycles. The molecule has 1 unspecified atom stereocenters. The number of aromatic amines is 1. The molecule has 1 heterocycles. The smallest absolute Gasteiger partial charge is 0.0535 e. The van der Waals surface area contributed by atoms with Crippen molar-refractivity contribution < 1.29 is 0 Å². The third-order valence-corrected chi connectivity index (χ3v) is 2.08. The van der Waals surface area contributed by atoms with Gasteiger partial charge in [-0.05, 0) is 12.3 Å². The van der Waals surface area contributed by atoms with Crippen molar-refractivity contribution in [1.29, 1.82) is 0 Å². The molecule has 3 heteroatoms. The average Bonchev–Trinajstić information content (AvgIpc) is 2.50. The molecule has 11 heavy (non-hydrogen) atoms. The van der Waals surface area contributed by atoms with Crippen LogP contribution in [0.15, 0.2) is 6.20 Å². The number of nitrogens with zero attached hydrogens (tertiary/aromatic N) is 1. The van der Waals surface area contributed by atoms with Gasteiger partial charge >= 0.3 is 0 Å². The molecule has 0 bridgehead atoms. The van der Waals surface area contributed by atoms with Crippen LogP contribution in [0.1, 0.15) is 37.4 Å². The van der Waals surface area contributed by atoms with Crippen LogP contribution in [0.4, 0.5) is 0 Å². The average molecular weight is 153 g/mol. The van der Waals surface area contributed by atoms with Crippen molar-refractivity contribution in [2.75, 3.05) is 0 Å². The van der Waals surface area contributed by atoms with Crippen LogP contribution < -0.4 is 5.73 Å². The third kappa shape index (κ3) is 1.60. The third-order valence-electron chi connectivity index (χ3n) is 2.08. The zero-order valence-corrected chi connectivity index (χ0v) is 7.09. The van der Waals surface area contributed by atoms with Crippen LogP contribution in [0.25, 0.3) is 0 Å². The molecular weight excluding hydrogens is 138 g/mol. The topological polar surface area (TPSA) is 54.7 Å². The fourth-order valence-corrected chi connectivity index (χ4v) is 1.11. The highest BCUT2D eigenvalue weighted by atomic mass is 15.1. The summed E-state index contributed by atoms with van der Waals surface area (Å²) in [4.78, 5) is 0. The summed E-state index contributed by atoms with van der Waals surface area (Å²) in [6, 6.07) is 0. The molecule has 0 aliphatic rings. The predicted molar refractivity (Wildman–Crippen MR) is 45.2 cm³/mol. The summed E-state index contributed by atoms with van der Waals surface area (Å²) in [7, 11) is 0. The van der Waals surface area contributed by atoms with Gasteiger partial charge in [-0.1, -0.05) is 13.8 Å². The van der Waals surface area contributed by atoms with E-state index >= 15 is 0 Å². The van der Waals surface area contributed by atoms with Crippen molar-refractivity contribution >= 4 is 0 Å². The summed E-state index contributed by atoms with van der Waals surface area (Å²) in [5, 5.41) is 6.93. The van der Waals surface area contributed by atoms with E-state index in [2.05, 4.69) is 24.0 Å². The number of hydrogen-bond donors (Lipinski definition) is 2. The Balaban J connectivity index is 2.83. The number of rotatable bonds is 3. The monoisotopic (exact) mass is 153 g/mol. The molecule has 3 nitrogen and oxygen atoms in total. The van der Waals surface area contributed by atoms with Gasteiger partial charge in [-0.15, -0.1) is 0 Å². The lowest BCUT2D eigenvalue weighted by Crippen LogP contribution is -2.02. The van der Waals surface area contributed by atoms with Crippen molar-refractivity contribution in [3.8, 4) is 0 Å². The number of aromatic nitrogens is 2. The number of H-pyrrole nitrogens is 1. The quantitative estimate of drug-likeness (QED) is 0.689. The predicted octanol–water partition coefficient (Wildman–Crippen LogP) is 1.38. The largest absolute Gasteiger partial charge is 0.326 e. The summed E-state index contributed by atoms with van der Waals surface area (Å²) in [5.74, 6) is 0.538. The highest BCUT2D eigenvalue weighted by Crippen LogP contribution is 2.19. The first-order chi connectivity index (χ1) is 5.29. The summed E-state index contributed by atoms with van der Waals surface area (Å²) >= 11 is 0. The molecule has 0 aliphatic carbocycles. The number of nitrogens with two attached hydrogens (primary N) is 1. The molecule has 0 fully saturated rings. The van der Waals surface area contributed by atoms with Gasteiger partial charge in [0.2, 0.25) is 0 Å². The SMILES string of the molecule is CCC(C)c1[nH]ncc1CN. The van der Waals surface area contributed by atoms with Crippen LogP contribution >= 0.6 is 0 Å². The van der Waals surface area contributed by atoms with Crippen molar-refractivity contribution in [3.63, 3.8) is 0 Å². The molecule has 0 saturated heterocycles. The Kier molecular flexibility index (Phi) is 2.65. The maximum Gasteiger partial charge on any atom is 0.0535 e. The first kappa shape index (κ1) is 8.27. The highest BCUT2D eigenvalue weighted by Gasteiger charge is 2.08. The van der Waals surface area contributed by atoms with E-state index in [-0.39, 0.29) is 0 Å². The minimum atomic E-state index is 0.538. The van der Waals surface area contributed by atoms with Gasteiger partial charge in [-0.2, -0.15) is 5.10 Å². The maximum atomic E-state index is 5.53. The number of nitrogens with one attached hydrogen (secondary N) is 1. The fourth-order valence-electron chi connectivity index (χ4n) is 1.11. The van der Waals surface area contributed by atoms with Crippen molar-refractivity contribution in [3.05, 3.63) is 17.5 Å². The Morgan fingerprint density at radius 1 is 1.73 bits per heavy atom. The van der Waals surface area contributed by atoms with E-state index in [4.69, 9.17) is 5.73 Å². The first-order valence-corrected chi connectivity index (χ1v) is 4.01. The molecule has 1 aromatic heterocycles. The Morgan fingerprint density at radius 2 is 2.45 bits per heavy atom. The van der Waals surface area contributed by atoms with Gasteiger partial charge in [-0.3, -0.25) is 5.10 Å². The Morgan fingerprint density at radius 3 is 3.00 bits per heavy atom. The van der Waals surface area contributed by atoms with Crippen LogP contribution in [0.2, 0.25) is 0 Å². The standard InChI is InChI=1S/C8H15N3/c1-3-6(2)8-7(4-9)5-10-11-8/h5-6H,3-4,9H2,1-2H3,(H,10,11). The molecule has 1 aromatic rings. The molecule has 3 N–H and O–H groups in total. The Labute approximate surface area is 67.0 Å². The molecule has 1 rings (SSSR count). The second-order valence-electron chi connectivity index (χ2n) is 2.82. The summed E-state index contributed by atoms with van der Waals surface area (Å²) in [6.07, 6.45) is 2.93. The zero-order valence-electron chi connectivity index (χ0n) is 7.09. The lowest BCUT2D eigenvalue weighted by atomic mass is 10.0. The van der Waals surface area contributed by atoms with Crippen molar-refractivity contribution in [1.82, 2.24) is 10.2 Å². The lowest BCUT2D eigenvalue weighted by Gasteiger charge is -2.06. The second kappa shape index (κ2) is 3.53. The van der Waals surface area contributed by atoms with E-state index in [1.54, 1.807) is 0 Å². The van der Waals surface area contributed by atoms with E-state index in [0.717, 1.165) is 12.0 Å². The molecular formula is C8H15N3. The molecule has 1 atom stereocenters. The van der Waals surface area contributed by atoms with Gasteiger partial charge in [0.15, 0.2) is 0 Å².